The summed E-state index contributed by atoms with van der Waals surface area (Å²) >= 11 is 24.2. The van der Waals surface area contributed by atoms with Crippen LogP contribution in [0.4, 0.5) is 0 Å². The minimum Gasteiger partial charge on any atom is -0.481 e. The fraction of sp³-hybridized carbons (Fsp3) is 0.0833. The predicted octanol–water partition coefficient (Wildman–Crippen LogP) is 5.37. The van der Waals surface area contributed by atoms with Crippen molar-refractivity contribution in [3.05, 3.63) is 44.5 Å². The fourth-order valence-corrected chi connectivity index (χ4v) is 2.40. The summed E-state index contributed by atoms with van der Waals surface area (Å²) in [7, 11) is 1.52. The monoisotopic (exact) mass is 321 g/mol. The molecule has 2 rings (SSSR count). The van der Waals surface area contributed by atoms with Crippen LogP contribution in [0.15, 0.2) is 24.4 Å². The van der Waals surface area contributed by atoms with E-state index in [4.69, 9.17) is 51.1 Å². The molecule has 0 aliphatic heterocycles. The highest BCUT2D eigenvalue weighted by atomic mass is 35.5. The van der Waals surface area contributed by atoms with E-state index in [1.807, 2.05) is 0 Å². The average Bonchev–Trinajstić information content (AvgIpc) is 2.34. The zero-order valence-electron chi connectivity index (χ0n) is 9.18. The van der Waals surface area contributed by atoms with Gasteiger partial charge in [-0.1, -0.05) is 46.4 Å². The van der Waals surface area contributed by atoms with Gasteiger partial charge in [0.15, 0.2) is 0 Å². The molecule has 0 saturated carbocycles. The highest BCUT2D eigenvalue weighted by molar-refractivity contribution is 6.45. The van der Waals surface area contributed by atoms with Gasteiger partial charge in [-0.05, 0) is 12.1 Å². The van der Waals surface area contributed by atoms with Crippen molar-refractivity contribution >= 4 is 46.4 Å². The van der Waals surface area contributed by atoms with E-state index in [1.165, 1.54) is 13.3 Å². The number of benzene rings is 1. The zero-order chi connectivity index (χ0) is 13.3. The molecule has 6 heteroatoms. The molecule has 2 aromatic rings. The van der Waals surface area contributed by atoms with Gasteiger partial charge in [0.25, 0.3) is 0 Å². The molecular formula is C12H7Cl4NO. The second-order valence-corrected chi connectivity index (χ2v) is 5.08. The lowest BCUT2D eigenvalue weighted by molar-refractivity contribution is 0.398. The minimum absolute atomic E-state index is 0.367. The van der Waals surface area contributed by atoms with Gasteiger partial charge in [0.2, 0.25) is 5.88 Å². The van der Waals surface area contributed by atoms with Crippen LogP contribution in [0.25, 0.3) is 11.1 Å². The Kier molecular flexibility index (Phi) is 4.23. The van der Waals surface area contributed by atoms with Crippen molar-refractivity contribution in [1.29, 1.82) is 0 Å². The molecule has 0 aliphatic rings. The third-order valence-corrected chi connectivity index (χ3v) is 3.64. The summed E-state index contributed by atoms with van der Waals surface area (Å²) in [5.41, 5.74) is 1.30. The third kappa shape index (κ3) is 2.67. The van der Waals surface area contributed by atoms with Crippen LogP contribution in [0.5, 0.6) is 5.88 Å². The van der Waals surface area contributed by atoms with Crippen molar-refractivity contribution in [3.8, 4) is 17.0 Å². The molecule has 1 heterocycles. The van der Waals surface area contributed by atoms with Gasteiger partial charge in [0.05, 0.1) is 28.4 Å². The first kappa shape index (κ1) is 13.8. The topological polar surface area (TPSA) is 22.1 Å². The normalized spacial score (nSPS) is 10.5. The second-order valence-electron chi connectivity index (χ2n) is 3.46. The Balaban J connectivity index is 2.68. The molecule has 2 nitrogen and oxygen atoms in total. The number of methoxy groups -OCH3 is 1. The van der Waals surface area contributed by atoms with Crippen LogP contribution >= 0.6 is 46.4 Å². The standard InChI is InChI=1S/C12H7Cl4NO/c1-18-11-4-7(10(15)5-17-11)8-2-6(13)3-9(14)12(8)16/h2-5H,1H3. The van der Waals surface area contributed by atoms with Gasteiger partial charge >= 0.3 is 0 Å². The van der Waals surface area contributed by atoms with Gasteiger partial charge in [-0.25, -0.2) is 4.98 Å². The average molecular weight is 323 g/mol. The quantitative estimate of drug-likeness (QED) is 0.693. The van der Waals surface area contributed by atoms with Crippen LogP contribution in [-0.4, -0.2) is 12.1 Å². The number of hydrogen-bond donors (Lipinski definition) is 0. The molecule has 0 atom stereocenters. The smallest absolute Gasteiger partial charge is 0.213 e. The highest BCUT2D eigenvalue weighted by Crippen LogP contribution is 2.39. The molecule has 0 radical (unpaired) electrons. The number of nitrogens with zero attached hydrogens (tertiary/aromatic N) is 1. The number of aromatic nitrogens is 1. The first-order valence-electron chi connectivity index (χ1n) is 4.87. The van der Waals surface area contributed by atoms with Gasteiger partial charge in [0, 0.05) is 22.2 Å². The van der Waals surface area contributed by atoms with Gasteiger partial charge < -0.3 is 4.74 Å². The van der Waals surface area contributed by atoms with E-state index in [2.05, 4.69) is 4.98 Å². The van der Waals surface area contributed by atoms with E-state index in [0.29, 0.717) is 37.1 Å². The summed E-state index contributed by atoms with van der Waals surface area (Å²) < 4.78 is 5.05. The van der Waals surface area contributed by atoms with E-state index in [0.717, 1.165) is 0 Å². The lowest BCUT2D eigenvalue weighted by atomic mass is 10.1. The van der Waals surface area contributed by atoms with Crippen LogP contribution in [0, 0.1) is 0 Å². The van der Waals surface area contributed by atoms with E-state index in [1.54, 1.807) is 18.2 Å². The summed E-state index contributed by atoms with van der Waals surface area (Å²) in [5.74, 6) is 0.432. The summed E-state index contributed by atoms with van der Waals surface area (Å²) in [4.78, 5) is 3.99. The predicted molar refractivity (Wildman–Crippen MR) is 76.3 cm³/mol. The van der Waals surface area contributed by atoms with Gasteiger partial charge in [-0.2, -0.15) is 0 Å². The minimum atomic E-state index is 0.367. The first-order chi connectivity index (χ1) is 8.52. The Bertz CT molecular complexity index is 601. The number of hydrogen-bond acceptors (Lipinski definition) is 2. The molecule has 0 N–H and O–H groups in total. The molecule has 0 aliphatic carbocycles. The van der Waals surface area contributed by atoms with Crippen molar-refractivity contribution in [1.82, 2.24) is 4.98 Å². The van der Waals surface area contributed by atoms with Crippen LogP contribution < -0.4 is 4.74 Å². The van der Waals surface area contributed by atoms with Crippen molar-refractivity contribution < 1.29 is 4.74 Å². The summed E-state index contributed by atoms with van der Waals surface area (Å²) in [5, 5.41) is 1.67. The number of halogens is 4. The highest BCUT2D eigenvalue weighted by Gasteiger charge is 2.13. The molecule has 0 saturated heterocycles. The molecule has 0 amide bonds. The SMILES string of the molecule is COc1cc(-c2cc(Cl)cc(Cl)c2Cl)c(Cl)cn1. The molecular weight excluding hydrogens is 316 g/mol. The van der Waals surface area contributed by atoms with Crippen molar-refractivity contribution in [2.45, 2.75) is 0 Å². The zero-order valence-corrected chi connectivity index (χ0v) is 12.2. The Morgan fingerprint density at radius 1 is 0.944 bits per heavy atom. The van der Waals surface area contributed by atoms with Crippen molar-refractivity contribution in [2.24, 2.45) is 0 Å². The maximum absolute atomic E-state index is 6.16. The summed E-state index contributed by atoms with van der Waals surface area (Å²) in [6.07, 6.45) is 1.49. The Morgan fingerprint density at radius 2 is 1.67 bits per heavy atom. The molecule has 0 unspecified atom stereocenters. The van der Waals surface area contributed by atoms with E-state index >= 15 is 0 Å². The Labute approximate surface area is 124 Å². The molecule has 1 aromatic carbocycles. The number of ether oxygens (including phenoxy) is 1. The van der Waals surface area contributed by atoms with Crippen molar-refractivity contribution in [3.63, 3.8) is 0 Å². The maximum atomic E-state index is 6.16. The molecule has 0 spiro atoms. The van der Waals surface area contributed by atoms with Crippen LogP contribution in [-0.2, 0) is 0 Å². The molecule has 18 heavy (non-hydrogen) atoms. The maximum Gasteiger partial charge on any atom is 0.213 e. The van der Waals surface area contributed by atoms with Crippen LogP contribution in [0.1, 0.15) is 0 Å². The largest absolute Gasteiger partial charge is 0.481 e. The molecule has 1 aromatic heterocycles. The van der Waals surface area contributed by atoms with Crippen LogP contribution in [0.3, 0.4) is 0 Å². The van der Waals surface area contributed by atoms with E-state index < -0.39 is 0 Å². The number of pyridine rings is 1. The first-order valence-corrected chi connectivity index (χ1v) is 6.38. The van der Waals surface area contributed by atoms with E-state index in [-0.39, 0.29) is 0 Å². The molecule has 94 valence electrons. The fourth-order valence-electron chi connectivity index (χ4n) is 1.49. The third-order valence-electron chi connectivity index (χ3n) is 2.32. The Morgan fingerprint density at radius 3 is 2.33 bits per heavy atom. The van der Waals surface area contributed by atoms with E-state index in [9.17, 15) is 0 Å². The summed E-state index contributed by atoms with van der Waals surface area (Å²) in [6, 6.07) is 4.94. The van der Waals surface area contributed by atoms with Gasteiger partial charge in [0.1, 0.15) is 0 Å². The number of rotatable bonds is 2. The lowest BCUT2D eigenvalue weighted by Crippen LogP contribution is -1.90. The lowest BCUT2D eigenvalue weighted by Gasteiger charge is -2.10. The van der Waals surface area contributed by atoms with Crippen LogP contribution in [0.2, 0.25) is 20.1 Å². The Hall–Kier alpha value is -0.670. The van der Waals surface area contributed by atoms with Gasteiger partial charge in [-0.3, -0.25) is 0 Å². The molecule has 0 bridgehead atoms. The second kappa shape index (κ2) is 5.54. The van der Waals surface area contributed by atoms with Crippen molar-refractivity contribution in [2.75, 3.05) is 7.11 Å². The summed E-state index contributed by atoms with van der Waals surface area (Å²) in [6.45, 7) is 0. The van der Waals surface area contributed by atoms with Gasteiger partial charge in [-0.15, -0.1) is 0 Å². The molecule has 0 fully saturated rings.